The van der Waals surface area contributed by atoms with Crippen molar-refractivity contribution < 1.29 is 4.74 Å². The highest BCUT2D eigenvalue weighted by molar-refractivity contribution is 9.10. The Morgan fingerprint density at radius 3 is 3.24 bits per heavy atom. The fourth-order valence-electron chi connectivity index (χ4n) is 2.08. The quantitative estimate of drug-likeness (QED) is 0.908. The van der Waals surface area contributed by atoms with Crippen LogP contribution in [0.1, 0.15) is 5.56 Å². The molecule has 5 heteroatoms. The van der Waals surface area contributed by atoms with Crippen LogP contribution in [-0.2, 0) is 11.3 Å². The molecule has 0 bridgehead atoms. The summed E-state index contributed by atoms with van der Waals surface area (Å²) in [6.07, 6.45) is 4.04. The number of hydrogen-bond donors (Lipinski definition) is 1. The highest BCUT2D eigenvalue weighted by Crippen LogP contribution is 2.13. The van der Waals surface area contributed by atoms with E-state index in [0.717, 1.165) is 37.3 Å². The molecule has 0 amide bonds. The fourth-order valence-corrected chi connectivity index (χ4v) is 2.49. The van der Waals surface area contributed by atoms with E-state index >= 15 is 0 Å². The Morgan fingerprint density at radius 1 is 1.59 bits per heavy atom. The number of hydrogen-bond acceptors (Lipinski definition) is 4. The molecule has 0 saturated carbocycles. The molecule has 1 atom stereocenters. The van der Waals surface area contributed by atoms with Crippen LogP contribution < -0.4 is 5.32 Å². The largest absolute Gasteiger partial charge is 0.374 e. The molecule has 1 aromatic rings. The molecular formula is C12H18BrN3O. The van der Waals surface area contributed by atoms with Crippen molar-refractivity contribution in [3.05, 3.63) is 28.5 Å². The summed E-state index contributed by atoms with van der Waals surface area (Å²) in [6.45, 7) is 4.64. The van der Waals surface area contributed by atoms with Gasteiger partial charge in [-0.2, -0.15) is 0 Å². The normalized spacial score (nSPS) is 21.6. The van der Waals surface area contributed by atoms with Crippen LogP contribution in [0.2, 0.25) is 0 Å². The third-order valence-electron chi connectivity index (χ3n) is 2.82. The van der Waals surface area contributed by atoms with Gasteiger partial charge in [-0.1, -0.05) is 0 Å². The van der Waals surface area contributed by atoms with Gasteiger partial charge >= 0.3 is 0 Å². The molecule has 1 saturated heterocycles. The topological polar surface area (TPSA) is 37.4 Å². The van der Waals surface area contributed by atoms with Gasteiger partial charge in [0.2, 0.25) is 0 Å². The molecule has 0 aromatic carbocycles. The Morgan fingerprint density at radius 2 is 2.47 bits per heavy atom. The third kappa shape index (κ3) is 4.03. The second-order valence-electron chi connectivity index (χ2n) is 4.30. The number of halogens is 1. The van der Waals surface area contributed by atoms with Crippen LogP contribution in [0.4, 0.5) is 0 Å². The van der Waals surface area contributed by atoms with Crippen LogP contribution in [0.15, 0.2) is 22.9 Å². The van der Waals surface area contributed by atoms with Crippen molar-refractivity contribution in [2.75, 3.05) is 33.3 Å². The summed E-state index contributed by atoms with van der Waals surface area (Å²) in [5.41, 5.74) is 1.24. The zero-order chi connectivity index (χ0) is 12.1. The first kappa shape index (κ1) is 13.0. The molecule has 2 rings (SSSR count). The molecule has 2 heterocycles. The van der Waals surface area contributed by atoms with Crippen LogP contribution >= 0.6 is 15.9 Å². The zero-order valence-corrected chi connectivity index (χ0v) is 11.6. The smallest absolute Gasteiger partial charge is 0.0826 e. The second kappa shape index (κ2) is 6.44. The number of rotatable bonds is 4. The maximum atomic E-state index is 5.68. The van der Waals surface area contributed by atoms with E-state index < -0.39 is 0 Å². The Bertz CT molecular complexity index is 359. The van der Waals surface area contributed by atoms with Gasteiger partial charge < -0.3 is 10.1 Å². The van der Waals surface area contributed by atoms with Gasteiger partial charge in [0.25, 0.3) is 0 Å². The molecule has 1 N–H and O–H groups in total. The molecular weight excluding hydrogens is 282 g/mol. The highest BCUT2D eigenvalue weighted by atomic mass is 79.9. The molecule has 0 spiro atoms. The molecule has 1 aliphatic heterocycles. The van der Waals surface area contributed by atoms with Gasteiger partial charge in [0, 0.05) is 43.0 Å². The highest BCUT2D eigenvalue weighted by Gasteiger charge is 2.19. The second-order valence-corrected chi connectivity index (χ2v) is 5.21. The minimum absolute atomic E-state index is 0.300. The lowest BCUT2D eigenvalue weighted by atomic mass is 10.2. The Balaban J connectivity index is 1.90. The van der Waals surface area contributed by atoms with Crippen molar-refractivity contribution >= 4 is 15.9 Å². The molecule has 1 aromatic heterocycles. The van der Waals surface area contributed by atoms with Crippen molar-refractivity contribution in [1.29, 1.82) is 0 Å². The predicted molar refractivity (Wildman–Crippen MR) is 70.9 cm³/mol. The van der Waals surface area contributed by atoms with E-state index in [0.29, 0.717) is 6.10 Å². The van der Waals surface area contributed by atoms with E-state index in [9.17, 15) is 0 Å². The van der Waals surface area contributed by atoms with Gasteiger partial charge in [-0.3, -0.25) is 9.88 Å². The van der Waals surface area contributed by atoms with Gasteiger partial charge in [-0.15, -0.1) is 0 Å². The monoisotopic (exact) mass is 299 g/mol. The van der Waals surface area contributed by atoms with Gasteiger partial charge in [0.1, 0.15) is 0 Å². The van der Waals surface area contributed by atoms with E-state index in [-0.39, 0.29) is 0 Å². The molecule has 0 radical (unpaired) electrons. The summed E-state index contributed by atoms with van der Waals surface area (Å²) < 4.78 is 6.72. The van der Waals surface area contributed by atoms with E-state index in [4.69, 9.17) is 4.74 Å². The van der Waals surface area contributed by atoms with Crippen molar-refractivity contribution in [2.24, 2.45) is 0 Å². The van der Waals surface area contributed by atoms with Crippen LogP contribution in [0.3, 0.4) is 0 Å². The number of morpholine rings is 1. The summed E-state index contributed by atoms with van der Waals surface area (Å²) in [5.74, 6) is 0. The maximum absolute atomic E-state index is 5.68. The zero-order valence-electron chi connectivity index (χ0n) is 10.0. The lowest BCUT2D eigenvalue weighted by Crippen LogP contribution is -2.45. The van der Waals surface area contributed by atoms with E-state index in [1.165, 1.54) is 5.56 Å². The molecule has 1 unspecified atom stereocenters. The van der Waals surface area contributed by atoms with Gasteiger partial charge in [0.05, 0.1) is 12.7 Å². The molecule has 4 nitrogen and oxygen atoms in total. The summed E-state index contributed by atoms with van der Waals surface area (Å²) in [5, 5.41) is 3.16. The van der Waals surface area contributed by atoms with Crippen LogP contribution in [-0.4, -0.2) is 49.3 Å². The third-order valence-corrected chi connectivity index (χ3v) is 3.26. The van der Waals surface area contributed by atoms with Crippen LogP contribution in [0.25, 0.3) is 0 Å². The first-order valence-electron chi connectivity index (χ1n) is 5.86. The van der Waals surface area contributed by atoms with E-state index in [1.54, 1.807) is 0 Å². The van der Waals surface area contributed by atoms with Crippen LogP contribution in [0.5, 0.6) is 0 Å². The van der Waals surface area contributed by atoms with Crippen molar-refractivity contribution in [3.63, 3.8) is 0 Å². The SMILES string of the molecule is CNCC1CN(Cc2cncc(Br)c2)CCO1. The Kier molecular flexibility index (Phi) is 4.91. The van der Waals surface area contributed by atoms with Crippen molar-refractivity contribution in [1.82, 2.24) is 15.2 Å². The standard InChI is InChI=1S/C12H18BrN3O/c1-14-7-12-9-16(2-3-17-12)8-10-4-11(13)6-15-5-10/h4-6,12,14H,2-3,7-9H2,1H3. The summed E-state index contributed by atoms with van der Waals surface area (Å²) >= 11 is 3.45. The number of aromatic nitrogens is 1. The minimum atomic E-state index is 0.300. The maximum Gasteiger partial charge on any atom is 0.0826 e. The van der Waals surface area contributed by atoms with Crippen LogP contribution in [0, 0.1) is 0 Å². The number of pyridine rings is 1. The first-order valence-corrected chi connectivity index (χ1v) is 6.65. The number of likely N-dealkylation sites (N-methyl/N-ethyl adjacent to an activating group) is 1. The van der Waals surface area contributed by atoms with Crippen molar-refractivity contribution in [3.8, 4) is 0 Å². The fraction of sp³-hybridized carbons (Fsp3) is 0.583. The minimum Gasteiger partial charge on any atom is -0.374 e. The molecule has 1 fully saturated rings. The molecule has 0 aliphatic carbocycles. The van der Waals surface area contributed by atoms with Gasteiger partial charge in [-0.25, -0.2) is 0 Å². The van der Waals surface area contributed by atoms with E-state index in [2.05, 4.69) is 37.2 Å². The molecule has 94 valence electrons. The predicted octanol–water partition coefficient (Wildman–Crippen LogP) is 1.26. The summed E-state index contributed by atoms with van der Waals surface area (Å²) in [7, 11) is 1.96. The Labute approximate surface area is 110 Å². The van der Waals surface area contributed by atoms with Gasteiger partial charge in [0.15, 0.2) is 0 Å². The van der Waals surface area contributed by atoms with E-state index in [1.807, 2.05) is 19.4 Å². The molecule has 1 aliphatic rings. The number of nitrogens with one attached hydrogen (secondary N) is 1. The van der Waals surface area contributed by atoms with Gasteiger partial charge in [-0.05, 0) is 34.6 Å². The lowest BCUT2D eigenvalue weighted by Gasteiger charge is -2.32. The number of nitrogens with zero attached hydrogens (tertiary/aromatic N) is 2. The average molecular weight is 300 g/mol. The molecule has 17 heavy (non-hydrogen) atoms. The summed E-state index contributed by atoms with van der Waals surface area (Å²) in [4.78, 5) is 6.60. The first-order chi connectivity index (χ1) is 8.28. The van der Waals surface area contributed by atoms with Crippen molar-refractivity contribution in [2.45, 2.75) is 12.6 Å². The Hall–Kier alpha value is -0.490. The summed E-state index contributed by atoms with van der Waals surface area (Å²) in [6, 6.07) is 2.12. The number of ether oxygens (including phenoxy) is 1. The lowest BCUT2D eigenvalue weighted by molar-refractivity contribution is -0.0291. The average Bonchev–Trinajstić information content (AvgIpc) is 2.30.